The lowest BCUT2D eigenvalue weighted by Gasteiger charge is -2.14. The van der Waals surface area contributed by atoms with Crippen molar-refractivity contribution in [3.8, 4) is 0 Å². The molecule has 0 radical (unpaired) electrons. The molecule has 0 amide bonds. The van der Waals surface area contributed by atoms with Crippen molar-refractivity contribution in [2.45, 2.75) is 26.1 Å². The standard InChI is InChI=1S/C17H14Cl2F3NO/c1-10(15-9-14(19)7-8-16(15)17(20,21)22)23-24-11(2)12-3-5-13(18)6-4-12/h3-9,11H,1-2H3/b23-10+. The first-order chi connectivity index (χ1) is 11.2. The monoisotopic (exact) mass is 375 g/mol. The molecule has 1 atom stereocenters. The largest absolute Gasteiger partial charge is 0.417 e. The van der Waals surface area contributed by atoms with Crippen molar-refractivity contribution in [2.24, 2.45) is 5.16 Å². The molecular weight excluding hydrogens is 362 g/mol. The van der Waals surface area contributed by atoms with Gasteiger partial charge in [0.25, 0.3) is 0 Å². The summed E-state index contributed by atoms with van der Waals surface area (Å²) in [7, 11) is 0. The maximum atomic E-state index is 13.1. The van der Waals surface area contributed by atoms with E-state index in [1.165, 1.54) is 19.1 Å². The van der Waals surface area contributed by atoms with Crippen LogP contribution in [0, 0.1) is 0 Å². The number of nitrogens with zero attached hydrogens (tertiary/aromatic N) is 1. The Kier molecular flexibility index (Phi) is 5.78. The minimum atomic E-state index is -4.50. The zero-order chi connectivity index (χ0) is 17.9. The van der Waals surface area contributed by atoms with Gasteiger partial charge in [0.15, 0.2) is 0 Å². The minimum absolute atomic E-state index is 0.0886. The van der Waals surface area contributed by atoms with Crippen LogP contribution >= 0.6 is 23.2 Å². The van der Waals surface area contributed by atoms with Crippen LogP contribution in [0.5, 0.6) is 0 Å². The number of hydrogen-bond acceptors (Lipinski definition) is 2. The van der Waals surface area contributed by atoms with Crippen molar-refractivity contribution in [2.75, 3.05) is 0 Å². The van der Waals surface area contributed by atoms with Crippen LogP contribution in [0.4, 0.5) is 13.2 Å². The first-order valence-corrected chi connectivity index (χ1v) is 7.77. The molecule has 0 fully saturated rings. The van der Waals surface area contributed by atoms with Gasteiger partial charge in [0, 0.05) is 15.6 Å². The van der Waals surface area contributed by atoms with Gasteiger partial charge in [-0.1, -0.05) is 40.5 Å². The lowest BCUT2D eigenvalue weighted by atomic mass is 10.0. The van der Waals surface area contributed by atoms with Gasteiger partial charge < -0.3 is 4.84 Å². The van der Waals surface area contributed by atoms with Crippen molar-refractivity contribution in [1.29, 1.82) is 0 Å². The molecule has 0 spiro atoms. The van der Waals surface area contributed by atoms with E-state index in [9.17, 15) is 13.2 Å². The van der Waals surface area contributed by atoms with Crippen LogP contribution in [-0.2, 0) is 11.0 Å². The molecule has 0 aliphatic rings. The third kappa shape index (κ3) is 4.65. The summed E-state index contributed by atoms with van der Waals surface area (Å²) in [5.41, 5.74) is -0.0297. The molecular formula is C17H14Cl2F3NO. The smallest absolute Gasteiger partial charge is 0.388 e. The van der Waals surface area contributed by atoms with Crippen molar-refractivity contribution < 1.29 is 18.0 Å². The Morgan fingerprint density at radius 2 is 1.62 bits per heavy atom. The van der Waals surface area contributed by atoms with Gasteiger partial charge in [0.05, 0.1) is 11.3 Å². The van der Waals surface area contributed by atoms with E-state index in [-0.39, 0.29) is 16.3 Å². The molecule has 0 bridgehead atoms. The second-order valence-electron chi connectivity index (χ2n) is 5.16. The van der Waals surface area contributed by atoms with E-state index in [1.807, 2.05) is 0 Å². The second-order valence-corrected chi connectivity index (χ2v) is 6.04. The molecule has 0 aromatic heterocycles. The molecule has 2 rings (SSSR count). The van der Waals surface area contributed by atoms with E-state index in [2.05, 4.69) is 5.16 Å². The van der Waals surface area contributed by atoms with Crippen molar-refractivity contribution in [3.63, 3.8) is 0 Å². The molecule has 0 heterocycles. The molecule has 2 aromatic rings. The van der Waals surface area contributed by atoms with E-state index in [1.54, 1.807) is 31.2 Å². The molecule has 0 aliphatic carbocycles. The summed E-state index contributed by atoms with van der Waals surface area (Å²) in [6.45, 7) is 3.18. The fourth-order valence-electron chi connectivity index (χ4n) is 2.06. The maximum Gasteiger partial charge on any atom is 0.417 e. The highest BCUT2D eigenvalue weighted by atomic mass is 35.5. The lowest BCUT2D eigenvalue weighted by molar-refractivity contribution is -0.137. The Hall–Kier alpha value is -1.72. The van der Waals surface area contributed by atoms with Crippen LogP contribution in [-0.4, -0.2) is 5.71 Å². The number of benzene rings is 2. The average Bonchev–Trinajstić information content (AvgIpc) is 2.51. The van der Waals surface area contributed by atoms with Crippen molar-refractivity contribution >= 4 is 28.9 Å². The number of alkyl halides is 3. The highest BCUT2D eigenvalue weighted by Crippen LogP contribution is 2.34. The van der Waals surface area contributed by atoms with Crippen LogP contribution in [0.25, 0.3) is 0 Å². The topological polar surface area (TPSA) is 21.6 Å². The molecule has 0 saturated heterocycles. The first-order valence-electron chi connectivity index (χ1n) is 7.01. The summed E-state index contributed by atoms with van der Waals surface area (Å²) in [6.07, 6.45) is -4.94. The molecule has 7 heteroatoms. The third-order valence-electron chi connectivity index (χ3n) is 3.36. The van der Waals surface area contributed by atoms with Gasteiger partial charge in [0.1, 0.15) is 6.10 Å². The van der Waals surface area contributed by atoms with Crippen LogP contribution in [0.3, 0.4) is 0 Å². The zero-order valence-electron chi connectivity index (χ0n) is 12.9. The number of oxime groups is 1. The molecule has 0 saturated carbocycles. The summed E-state index contributed by atoms with van der Waals surface area (Å²) in [6, 6.07) is 10.3. The van der Waals surface area contributed by atoms with Gasteiger partial charge >= 0.3 is 6.18 Å². The van der Waals surface area contributed by atoms with Gasteiger partial charge in [-0.2, -0.15) is 13.2 Å². The van der Waals surface area contributed by atoms with Crippen LogP contribution in [0.15, 0.2) is 47.6 Å². The van der Waals surface area contributed by atoms with Crippen LogP contribution < -0.4 is 0 Å². The Bertz CT molecular complexity index is 742. The molecule has 128 valence electrons. The predicted molar refractivity (Wildman–Crippen MR) is 89.6 cm³/mol. The van der Waals surface area contributed by atoms with E-state index in [0.717, 1.165) is 11.6 Å². The van der Waals surface area contributed by atoms with E-state index in [4.69, 9.17) is 28.0 Å². The Labute approximate surface area is 147 Å². The Balaban J connectivity index is 2.25. The average molecular weight is 376 g/mol. The Morgan fingerprint density at radius 1 is 1.04 bits per heavy atom. The summed E-state index contributed by atoms with van der Waals surface area (Å²) in [5, 5.41) is 4.61. The summed E-state index contributed by atoms with van der Waals surface area (Å²) >= 11 is 11.6. The van der Waals surface area contributed by atoms with E-state index >= 15 is 0 Å². The van der Waals surface area contributed by atoms with Gasteiger partial charge in [0.2, 0.25) is 0 Å². The Morgan fingerprint density at radius 3 is 2.21 bits per heavy atom. The van der Waals surface area contributed by atoms with Gasteiger partial charge in [-0.15, -0.1) is 0 Å². The van der Waals surface area contributed by atoms with Gasteiger partial charge in [-0.05, 0) is 49.7 Å². The third-order valence-corrected chi connectivity index (χ3v) is 3.85. The van der Waals surface area contributed by atoms with Crippen molar-refractivity contribution in [3.05, 3.63) is 69.2 Å². The fraction of sp³-hybridized carbons (Fsp3) is 0.235. The van der Waals surface area contributed by atoms with Crippen LogP contribution in [0.2, 0.25) is 10.0 Å². The predicted octanol–water partition coefficient (Wildman–Crippen LogP) is 6.51. The van der Waals surface area contributed by atoms with Crippen LogP contribution in [0.1, 0.15) is 36.6 Å². The highest BCUT2D eigenvalue weighted by molar-refractivity contribution is 6.31. The molecule has 2 aromatic carbocycles. The van der Waals surface area contributed by atoms with Gasteiger partial charge in [-0.3, -0.25) is 0 Å². The number of rotatable bonds is 4. The maximum absolute atomic E-state index is 13.1. The quantitative estimate of drug-likeness (QED) is 0.440. The first kappa shape index (κ1) is 18.6. The summed E-state index contributed by atoms with van der Waals surface area (Å²) in [5.74, 6) is 0. The number of hydrogen-bond donors (Lipinski definition) is 0. The number of halogens is 5. The second kappa shape index (κ2) is 7.45. The lowest BCUT2D eigenvalue weighted by Crippen LogP contribution is -2.12. The summed E-state index contributed by atoms with van der Waals surface area (Å²) < 4.78 is 39.3. The zero-order valence-corrected chi connectivity index (χ0v) is 14.4. The molecule has 0 aliphatic heterocycles. The van der Waals surface area contributed by atoms with E-state index < -0.39 is 17.8 Å². The molecule has 1 unspecified atom stereocenters. The summed E-state index contributed by atoms with van der Waals surface area (Å²) in [4.78, 5) is 5.33. The minimum Gasteiger partial charge on any atom is -0.388 e. The molecule has 24 heavy (non-hydrogen) atoms. The van der Waals surface area contributed by atoms with E-state index in [0.29, 0.717) is 5.02 Å². The normalized spacial score (nSPS) is 13.7. The highest BCUT2D eigenvalue weighted by Gasteiger charge is 2.34. The van der Waals surface area contributed by atoms with Crippen molar-refractivity contribution in [1.82, 2.24) is 0 Å². The fourth-order valence-corrected chi connectivity index (χ4v) is 2.36. The SMILES string of the molecule is C/C(=N\OC(C)c1ccc(Cl)cc1)c1cc(Cl)ccc1C(F)(F)F. The van der Waals surface area contributed by atoms with Gasteiger partial charge in [-0.25, -0.2) is 0 Å². The molecule has 0 N–H and O–H groups in total. The molecule has 2 nitrogen and oxygen atoms in total.